The largest absolute Gasteiger partial charge is 0.495 e. The van der Waals surface area contributed by atoms with Crippen molar-refractivity contribution in [1.29, 1.82) is 0 Å². The van der Waals surface area contributed by atoms with Gasteiger partial charge >= 0.3 is 0 Å². The van der Waals surface area contributed by atoms with E-state index < -0.39 is 22.0 Å². The first-order valence-electron chi connectivity index (χ1n) is 8.06. The number of hydrogen-bond donors (Lipinski definition) is 1. The number of carbonyl (C=O) groups is 1. The molecule has 0 saturated carbocycles. The summed E-state index contributed by atoms with van der Waals surface area (Å²) in [6, 6.07) is 10.2. The number of hydrogen-bond acceptors (Lipinski definition) is 4. The molecule has 0 aromatic heterocycles. The molecule has 0 saturated heterocycles. The van der Waals surface area contributed by atoms with Gasteiger partial charge in [-0.05, 0) is 48.9 Å². The molecular weight excluding hydrogens is 411 g/mol. The fourth-order valence-corrected chi connectivity index (χ4v) is 4.19. The van der Waals surface area contributed by atoms with Crippen LogP contribution < -0.4 is 14.4 Å². The van der Waals surface area contributed by atoms with Crippen molar-refractivity contribution in [3.63, 3.8) is 0 Å². The van der Waals surface area contributed by atoms with Crippen molar-refractivity contribution < 1.29 is 17.9 Å². The number of benzene rings is 2. The number of anilines is 2. The zero-order chi connectivity index (χ0) is 20.2. The SMILES string of the molecule is CC[C@H](C(=O)Nc1ccc(Cl)cc1)N(c1ccc(OC)c(Cl)c1)S(C)(=O)=O. The van der Waals surface area contributed by atoms with Crippen molar-refractivity contribution in [3.05, 3.63) is 52.5 Å². The number of nitrogens with one attached hydrogen (secondary N) is 1. The van der Waals surface area contributed by atoms with Gasteiger partial charge in [-0.2, -0.15) is 0 Å². The van der Waals surface area contributed by atoms with E-state index in [1.54, 1.807) is 43.3 Å². The third-order valence-electron chi connectivity index (χ3n) is 3.83. The van der Waals surface area contributed by atoms with Crippen LogP contribution in [0.3, 0.4) is 0 Å². The van der Waals surface area contributed by atoms with E-state index in [4.69, 9.17) is 27.9 Å². The van der Waals surface area contributed by atoms with Gasteiger partial charge in [0.2, 0.25) is 15.9 Å². The van der Waals surface area contributed by atoms with Crippen molar-refractivity contribution in [2.75, 3.05) is 23.0 Å². The normalized spacial score (nSPS) is 12.3. The van der Waals surface area contributed by atoms with E-state index in [0.29, 0.717) is 16.5 Å². The lowest BCUT2D eigenvalue weighted by Gasteiger charge is -2.30. The zero-order valence-electron chi connectivity index (χ0n) is 15.1. The van der Waals surface area contributed by atoms with Gasteiger partial charge in [0, 0.05) is 10.7 Å². The van der Waals surface area contributed by atoms with E-state index in [9.17, 15) is 13.2 Å². The molecule has 0 fully saturated rings. The Kier molecular flexibility index (Phi) is 6.97. The first kappa shape index (κ1) is 21.3. The third kappa shape index (κ3) is 5.28. The second-order valence-electron chi connectivity index (χ2n) is 5.80. The molecule has 1 N–H and O–H groups in total. The number of rotatable bonds is 7. The van der Waals surface area contributed by atoms with Crippen LogP contribution in [0.2, 0.25) is 10.0 Å². The Balaban J connectivity index is 2.39. The molecule has 1 amide bonds. The molecule has 146 valence electrons. The Morgan fingerprint density at radius 3 is 2.30 bits per heavy atom. The van der Waals surface area contributed by atoms with E-state index in [-0.39, 0.29) is 17.1 Å². The molecule has 27 heavy (non-hydrogen) atoms. The molecule has 2 aromatic rings. The topological polar surface area (TPSA) is 75.7 Å². The van der Waals surface area contributed by atoms with Gasteiger partial charge in [-0.15, -0.1) is 0 Å². The smallest absolute Gasteiger partial charge is 0.248 e. The minimum absolute atomic E-state index is 0.247. The van der Waals surface area contributed by atoms with E-state index in [2.05, 4.69) is 5.32 Å². The number of nitrogens with zero attached hydrogens (tertiary/aromatic N) is 1. The molecular formula is C18H20Cl2N2O4S. The summed E-state index contributed by atoms with van der Waals surface area (Å²) in [5.74, 6) is -0.0512. The summed E-state index contributed by atoms with van der Waals surface area (Å²) in [4.78, 5) is 12.8. The Hall–Kier alpha value is -1.96. The van der Waals surface area contributed by atoms with E-state index >= 15 is 0 Å². The van der Waals surface area contributed by atoms with Gasteiger partial charge in [0.1, 0.15) is 11.8 Å². The summed E-state index contributed by atoms with van der Waals surface area (Å²) >= 11 is 12.0. The van der Waals surface area contributed by atoms with E-state index in [1.807, 2.05) is 0 Å². The first-order valence-corrected chi connectivity index (χ1v) is 10.7. The van der Waals surface area contributed by atoms with Crippen LogP contribution >= 0.6 is 23.2 Å². The van der Waals surface area contributed by atoms with Crippen LogP contribution in [0.5, 0.6) is 5.75 Å². The van der Waals surface area contributed by atoms with Gasteiger partial charge in [-0.3, -0.25) is 9.10 Å². The highest BCUT2D eigenvalue weighted by atomic mass is 35.5. The number of sulfonamides is 1. The molecule has 0 spiro atoms. The molecule has 0 unspecified atom stereocenters. The Morgan fingerprint density at radius 2 is 1.81 bits per heavy atom. The maximum atomic E-state index is 12.8. The predicted octanol–water partition coefficient (Wildman–Crippen LogP) is 4.19. The summed E-state index contributed by atoms with van der Waals surface area (Å²) < 4.78 is 31.1. The summed E-state index contributed by atoms with van der Waals surface area (Å²) in [6.45, 7) is 1.73. The van der Waals surface area contributed by atoms with Crippen LogP contribution in [0, 0.1) is 0 Å². The lowest BCUT2D eigenvalue weighted by atomic mass is 10.1. The third-order valence-corrected chi connectivity index (χ3v) is 5.56. The maximum absolute atomic E-state index is 12.8. The molecule has 0 bridgehead atoms. The molecule has 0 aliphatic rings. The van der Waals surface area contributed by atoms with Gasteiger partial charge in [0.05, 0.1) is 24.1 Å². The number of ether oxygens (including phenoxy) is 1. The molecule has 0 aliphatic heterocycles. The highest BCUT2D eigenvalue weighted by molar-refractivity contribution is 7.92. The van der Waals surface area contributed by atoms with Crippen molar-refractivity contribution in [2.24, 2.45) is 0 Å². The van der Waals surface area contributed by atoms with Gasteiger partial charge in [0.25, 0.3) is 0 Å². The average molecular weight is 431 g/mol. The predicted molar refractivity (Wildman–Crippen MR) is 109 cm³/mol. The van der Waals surface area contributed by atoms with Crippen LogP contribution in [-0.2, 0) is 14.8 Å². The minimum atomic E-state index is -3.76. The van der Waals surface area contributed by atoms with E-state index in [0.717, 1.165) is 10.6 Å². The Labute approximate surface area is 169 Å². The van der Waals surface area contributed by atoms with Crippen molar-refractivity contribution in [2.45, 2.75) is 19.4 Å². The summed E-state index contributed by atoms with van der Waals surface area (Å²) in [5, 5.41) is 3.50. The number of carbonyl (C=O) groups excluding carboxylic acids is 1. The molecule has 1 atom stereocenters. The van der Waals surface area contributed by atoms with Crippen LogP contribution in [0.1, 0.15) is 13.3 Å². The first-order chi connectivity index (χ1) is 12.7. The molecule has 6 nitrogen and oxygen atoms in total. The lowest BCUT2D eigenvalue weighted by Crippen LogP contribution is -2.47. The van der Waals surface area contributed by atoms with E-state index in [1.165, 1.54) is 13.2 Å². The van der Waals surface area contributed by atoms with Crippen molar-refractivity contribution >= 4 is 50.5 Å². The Morgan fingerprint density at radius 1 is 1.19 bits per heavy atom. The molecule has 0 heterocycles. The van der Waals surface area contributed by atoms with Gasteiger partial charge < -0.3 is 10.1 Å². The monoisotopic (exact) mass is 430 g/mol. The summed E-state index contributed by atoms with van der Waals surface area (Å²) in [7, 11) is -2.30. The number of methoxy groups -OCH3 is 1. The van der Waals surface area contributed by atoms with Gasteiger partial charge in [-0.25, -0.2) is 8.42 Å². The summed E-state index contributed by atoms with van der Waals surface area (Å²) in [5.41, 5.74) is 0.797. The highest BCUT2D eigenvalue weighted by Gasteiger charge is 2.32. The molecule has 2 rings (SSSR count). The van der Waals surface area contributed by atoms with Gasteiger partial charge in [0.15, 0.2) is 0 Å². The zero-order valence-corrected chi connectivity index (χ0v) is 17.4. The molecule has 2 aromatic carbocycles. The average Bonchev–Trinajstić information content (AvgIpc) is 2.60. The van der Waals surface area contributed by atoms with Crippen LogP contribution in [0.25, 0.3) is 0 Å². The second-order valence-corrected chi connectivity index (χ2v) is 8.50. The highest BCUT2D eigenvalue weighted by Crippen LogP contribution is 2.32. The van der Waals surface area contributed by atoms with Crippen LogP contribution in [-0.4, -0.2) is 33.7 Å². The second kappa shape index (κ2) is 8.82. The van der Waals surface area contributed by atoms with Crippen molar-refractivity contribution in [3.8, 4) is 5.75 Å². The quantitative estimate of drug-likeness (QED) is 0.714. The standard InChI is InChI=1S/C18H20Cl2N2O4S/c1-4-16(18(23)21-13-7-5-12(19)6-8-13)22(27(3,24)25)14-9-10-17(26-2)15(20)11-14/h5-11,16H,4H2,1-3H3,(H,21,23)/t16-/m1/s1. The molecule has 0 aliphatic carbocycles. The summed E-state index contributed by atoms with van der Waals surface area (Å²) in [6.07, 6.45) is 1.31. The maximum Gasteiger partial charge on any atom is 0.248 e. The number of halogens is 2. The number of amides is 1. The van der Waals surface area contributed by atoms with Crippen LogP contribution in [0.4, 0.5) is 11.4 Å². The molecule has 0 radical (unpaired) electrons. The Bertz CT molecular complexity index is 917. The van der Waals surface area contributed by atoms with Gasteiger partial charge in [-0.1, -0.05) is 30.1 Å². The lowest BCUT2D eigenvalue weighted by molar-refractivity contribution is -0.117. The fraction of sp³-hybridized carbons (Fsp3) is 0.278. The van der Waals surface area contributed by atoms with Crippen molar-refractivity contribution in [1.82, 2.24) is 0 Å². The molecule has 9 heteroatoms. The fourth-order valence-electron chi connectivity index (χ4n) is 2.61. The minimum Gasteiger partial charge on any atom is -0.495 e. The van der Waals surface area contributed by atoms with Crippen LogP contribution in [0.15, 0.2) is 42.5 Å².